The van der Waals surface area contributed by atoms with E-state index in [9.17, 15) is 5.11 Å². The van der Waals surface area contributed by atoms with E-state index in [4.69, 9.17) is 4.52 Å². The molecule has 4 nitrogen and oxygen atoms in total. The molecule has 11 heavy (non-hydrogen) atoms. The van der Waals surface area contributed by atoms with Crippen molar-refractivity contribution >= 4 is 0 Å². The third-order valence-corrected chi connectivity index (χ3v) is 2.00. The highest BCUT2D eigenvalue weighted by Crippen LogP contribution is 2.25. The first-order valence-electron chi connectivity index (χ1n) is 3.62. The highest BCUT2D eigenvalue weighted by molar-refractivity contribution is 5.28. The maximum absolute atomic E-state index is 9.18. The molecule has 0 unspecified atom stereocenters. The first kappa shape index (κ1) is 6.67. The molecule has 1 aliphatic rings. The molecule has 0 amide bonds. The van der Waals surface area contributed by atoms with Crippen molar-refractivity contribution in [2.45, 2.75) is 13.0 Å². The summed E-state index contributed by atoms with van der Waals surface area (Å²) in [5.41, 5.74) is 0.846. The number of hydrogen-bond donors (Lipinski definition) is 1. The molecule has 1 aromatic rings. The molecule has 1 N–H and O–H groups in total. The quantitative estimate of drug-likeness (QED) is 0.586. The van der Waals surface area contributed by atoms with Gasteiger partial charge in [-0.05, 0) is 12.2 Å². The Morgan fingerprint density at radius 3 is 3.27 bits per heavy atom. The number of aromatic nitrogens is 1. The zero-order valence-corrected chi connectivity index (χ0v) is 6.37. The Labute approximate surface area is 64.4 Å². The van der Waals surface area contributed by atoms with E-state index in [1.165, 1.54) is 0 Å². The zero-order valence-electron chi connectivity index (χ0n) is 6.37. The topological polar surface area (TPSA) is 49.5 Å². The monoisotopic (exact) mass is 154 g/mol. The molecule has 0 radical (unpaired) electrons. The second kappa shape index (κ2) is 2.23. The summed E-state index contributed by atoms with van der Waals surface area (Å²) in [6.07, 6.45) is 0.847. The van der Waals surface area contributed by atoms with E-state index in [2.05, 4.69) is 10.1 Å². The lowest BCUT2D eigenvalue weighted by Gasteiger charge is -2.19. The van der Waals surface area contributed by atoms with Crippen molar-refractivity contribution in [1.29, 1.82) is 0 Å². The fourth-order valence-electron chi connectivity index (χ4n) is 1.33. The first-order chi connectivity index (χ1) is 5.27. The van der Waals surface area contributed by atoms with Gasteiger partial charge in [-0.2, -0.15) is 0 Å². The molecule has 0 aliphatic carbocycles. The van der Waals surface area contributed by atoms with Crippen LogP contribution < -0.4 is 0 Å². The summed E-state index contributed by atoms with van der Waals surface area (Å²) < 4.78 is 4.91. The Hall–Kier alpha value is -1.03. The summed E-state index contributed by atoms with van der Waals surface area (Å²) in [5, 5.41) is 12.7. The summed E-state index contributed by atoms with van der Waals surface area (Å²) in [4.78, 5) is 2.12. The minimum Gasteiger partial charge on any atom is -0.491 e. The molecular weight excluding hydrogens is 144 g/mol. The normalized spacial score (nSPS) is 18.3. The van der Waals surface area contributed by atoms with Crippen LogP contribution in [0.3, 0.4) is 0 Å². The van der Waals surface area contributed by atoms with Crippen molar-refractivity contribution in [2.75, 3.05) is 13.6 Å². The molecule has 0 spiro atoms. The number of fused-ring (bicyclic) bond motifs is 1. The molecule has 0 saturated heterocycles. The van der Waals surface area contributed by atoms with Crippen LogP contribution in [0.4, 0.5) is 0 Å². The van der Waals surface area contributed by atoms with Crippen LogP contribution in [0, 0.1) is 0 Å². The van der Waals surface area contributed by atoms with E-state index in [0.717, 1.165) is 30.8 Å². The average Bonchev–Trinajstić information content (AvgIpc) is 2.33. The number of hydrogen-bond acceptors (Lipinski definition) is 4. The maximum Gasteiger partial charge on any atom is 0.256 e. The molecule has 1 aromatic heterocycles. The van der Waals surface area contributed by atoms with Crippen LogP contribution in [-0.4, -0.2) is 28.8 Å². The minimum absolute atomic E-state index is 0.0477. The highest BCUT2D eigenvalue weighted by atomic mass is 16.5. The molecule has 2 rings (SSSR count). The van der Waals surface area contributed by atoms with Crippen molar-refractivity contribution < 1.29 is 9.63 Å². The van der Waals surface area contributed by atoms with E-state index >= 15 is 0 Å². The lowest BCUT2D eigenvalue weighted by molar-refractivity contribution is 0.281. The number of aromatic hydroxyl groups is 1. The maximum atomic E-state index is 9.18. The lowest BCUT2D eigenvalue weighted by atomic mass is 10.1. The van der Waals surface area contributed by atoms with Gasteiger partial charge in [0.15, 0.2) is 0 Å². The molecule has 0 atom stereocenters. The third kappa shape index (κ3) is 0.991. The summed E-state index contributed by atoms with van der Waals surface area (Å²) in [6, 6.07) is 0. The Balaban J connectivity index is 2.37. The van der Waals surface area contributed by atoms with Gasteiger partial charge in [-0.1, -0.05) is 0 Å². The van der Waals surface area contributed by atoms with Gasteiger partial charge in [0.2, 0.25) is 0 Å². The molecule has 4 heteroatoms. The van der Waals surface area contributed by atoms with Crippen LogP contribution in [0.5, 0.6) is 5.88 Å². The Kier molecular flexibility index (Phi) is 1.35. The first-order valence-corrected chi connectivity index (χ1v) is 3.62. The average molecular weight is 154 g/mol. The molecule has 60 valence electrons. The van der Waals surface area contributed by atoms with Crippen molar-refractivity contribution in [1.82, 2.24) is 10.1 Å². The predicted octanol–water partition coefficient (Wildman–Crippen LogP) is 0.368. The van der Waals surface area contributed by atoms with Gasteiger partial charge >= 0.3 is 0 Å². The van der Waals surface area contributed by atoms with Crippen molar-refractivity contribution in [3.05, 3.63) is 11.3 Å². The fraction of sp³-hybridized carbons (Fsp3) is 0.571. The van der Waals surface area contributed by atoms with Crippen LogP contribution in [-0.2, 0) is 13.0 Å². The third-order valence-electron chi connectivity index (χ3n) is 2.00. The molecule has 0 saturated carbocycles. The van der Waals surface area contributed by atoms with Crippen LogP contribution in [0.15, 0.2) is 4.52 Å². The van der Waals surface area contributed by atoms with Crippen LogP contribution in [0.25, 0.3) is 0 Å². The van der Waals surface area contributed by atoms with Gasteiger partial charge in [-0.3, -0.25) is 0 Å². The zero-order chi connectivity index (χ0) is 7.84. The van der Waals surface area contributed by atoms with E-state index < -0.39 is 0 Å². The Bertz CT molecular complexity index is 269. The van der Waals surface area contributed by atoms with Gasteiger partial charge in [-0.15, -0.1) is 0 Å². The van der Waals surface area contributed by atoms with Gasteiger partial charge < -0.3 is 14.5 Å². The van der Waals surface area contributed by atoms with Crippen LogP contribution in [0.1, 0.15) is 11.3 Å². The smallest absolute Gasteiger partial charge is 0.256 e. The highest BCUT2D eigenvalue weighted by Gasteiger charge is 2.21. The number of nitrogens with zero attached hydrogens (tertiary/aromatic N) is 2. The fourth-order valence-corrected chi connectivity index (χ4v) is 1.33. The minimum atomic E-state index is 0.0477. The largest absolute Gasteiger partial charge is 0.491 e. The van der Waals surface area contributed by atoms with Crippen molar-refractivity contribution in [2.24, 2.45) is 0 Å². The van der Waals surface area contributed by atoms with Crippen molar-refractivity contribution in [3.63, 3.8) is 0 Å². The molecule has 1 aliphatic heterocycles. The Morgan fingerprint density at radius 1 is 1.64 bits per heavy atom. The standard InChI is InChI=1S/C7H10N2O2/c1-9-3-2-6-5(4-9)7(10)8-11-6/h2-4H2,1H3,(H,8,10). The second-order valence-electron chi connectivity index (χ2n) is 2.90. The van der Waals surface area contributed by atoms with E-state index in [1.807, 2.05) is 7.05 Å². The summed E-state index contributed by atoms with van der Waals surface area (Å²) in [6.45, 7) is 1.71. The van der Waals surface area contributed by atoms with Crippen LogP contribution >= 0.6 is 0 Å². The molecule has 0 fully saturated rings. The molecule has 2 heterocycles. The predicted molar refractivity (Wildman–Crippen MR) is 38.2 cm³/mol. The van der Waals surface area contributed by atoms with Crippen LogP contribution in [0.2, 0.25) is 0 Å². The van der Waals surface area contributed by atoms with Gasteiger partial charge in [0.25, 0.3) is 5.88 Å². The van der Waals surface area contributed by atoms with Gasteiger partial charge in [0.05, 0.1) is 5.56 Å². The summed E-state index contributed by atoms with van der Waals surface area (Å²) >= 11 is 0. The van der Waals surface area contributed by atoms with Gasteiger partial charge in [0, 0.05) is 19.5 Å². The lowest BCUT2D eigenvalue weighted by Crippen LogP contribution is -2.25. The van der Waals surface area contributed by atoms with Gasteiger partial charge in [0.1, 0.15) is 5.76 Å². The van der Waals surface area contributed by atoms with Gasteiger partial charge in [-0.25, -0.2) is 0 Å². The molecular formula is C7H10N2O2. The van der Waals surface area contributed by atoms with E-state index in [1.54, 1.807) is 0 Å². The summed E-state index contributed by atoms with van der Waals surface area (Å²) in [5.74, 6) is 0.882. The van der Waals surface area contributed by atoms with Crippen molar-refractivity contribution in [3.8, 4) is 5.88 Å². The van der Waals surface area contributed by atoms with E-state index in [0.29, 0.717) is 0 Å². The molecule has 0 bridgehead atoms. The number of rotatable bonds is 0. The number of likely N-dealkylation sites (N-methyl/N-ethyl adjacent to an activating group) is 1. The Morgan fingerprint density at radius 2 is 2.45 bits per heavy atom. The SMILES string of the molecule is CN1CCc2onc(O)c2C1. The summed E-state index contributed by atoms with van der Waals surface area (Å²) in [7, 11) is 2.01. The second-order valence-corrected chi connectivity index (χ2v) is 2.90. The van der Waals surface area contributed by atoms with E-state index in [-0.39, 0.29) is 5.88 Å². The molecule has 0 aromatic carbocycles.